The first-order valence-corrected chi connectivity index (χ1v) is 2.00. The van der Waals surface area contributed by atoms with Crippen molar-refractivity contribution in [3.63, 3.8) is 0 Å². The summed E-state index contributed by atoms with van der Waals surface area (Å²) >= 11 is 0. The molecule has 0 rings (SSSR count). The molecule has 0 heterocycles. The van der Waals surface area contributed by atoms with Gasteiger partial charge in [-0.2, -0.15) is 0 Å². The molecule has 0 bridgehead atoms. The van der Waals surface area contributed by atoms with Crippen molar-refractivity contribution in [1.29, 1.82) is 0 Å². The van der Waals surface area contributed by atoms with Crippen LogP contribution in [0.1, 0.15) is 0 Å². The standard InChI is InChI=1S/FH.2Li.H2O4S/c;;;1-5(2,3)4/h1H;;;(H2,1,2,3,4)/q;2*+1;/p-2. The molecule has 0 saturated heterocycles. The van der Waals surface area contributed by atoms with Crippen molar-refractivity contribution in [3.8, 4) is 0 Å². The van der Waals surface area contributed by atoms with E-state index in [9.17, 15) is 0 Å². The molecule has 0 atom stereocenters. The van der Waals surface area contributed by atoms with Gasteiger partial charge < -0.3 is 9.11 Å². The van der Waals surface area contributed by atoms with Crippen LogP contribution < -0.4 is 37.7 Å². The zero-order valence-electron chi connectivity index (χ0n) is 4.45. The van der Waals surface area contributed by atoms with E-state index in [4.69, 9.17) is 17.5 Å². The molecule has 0 aliphatic carbocycles. The van der Waals surface area contributed by atoms with E-state index in [1.165, 1.54) is 0 Å². The number of hydrogen-bond donors (Lipinski definition) is 0. The molecule has 0 unspecified atom stereocenters. The van der Waals surface area contributed by atoms with Crippen LogP contribution in [0.15, 0.2) is 0 Å². The van der Waals surface area contributed by atoms with Gasteiger partial charge >= 0.3 is 37.7 Å². The maximum absolute atomic E-state index is 8.52. The Labute approximate surface area is 70.3 Å². The van der Waals surface area contributed by atoms with Gasteiger partial charge in [0.1, 0.15) is 0 Å². The second-order valence-corrected chi connectivity index (χ2v) is 1.22. The molecule has 0 aromatic rings. The van der Waals surface area contributed by atoms with Crippen molar-refractivity contribution in [1.82, 2.24) is 0 Å². The van der Waals surface area contributed by atoms with Gasteiger partial charge in [0.2, 0.25) is 0 Å². The minimum absolute atomic E-state index is 0. The molecular weight excluding hydrogens is 129 g/mol. The maximum Gasteiger partial charge on any atom is 1.00 e. The molecular formula is HFLi2O4S. The smallest absolute Gasteiger partial charge is 0.759 e. The van der Waals surface area contributed by atoms with Crippen molar-refractivity contribution < 1.29 is 59.9 Å². The summed E-state index contributed by atoms with van der Waals surface area (Å²) in [6, 6.07) is 0. The van der Waals surface area contributed by atoms with Crippen molar-refractivity contribution >= 4 is 10.4 Å². The summed E-state index contributed by atoms with van der Waals surface area (Å²) < 4.78 is 34.1. The molecule has 8 heteroatoms. The molecule has 0 aromatic carbocycles. The van der Waals surface area contributed by atoms with Crippen LogP contribution in [0, 0.1) is 0 Å². The SMILES string of the molecule is F.O=S(=O)([O-])[O-].[Li+].[Li+]. The van der Waals surface area contributed by atoms with E-state index in [2.05, 4.69) is 0 Å². The summed E-state index contributed by atoms with van der Waals surface area (Å²) in [6.45, 7) is 0. The number of rotatable bonds is 0. The van der Waals surface area contributed by atoms with Crippen LogP contribution in [0.25, 0.3) is 0 Å². The van der Waals surface area contributed by atoms with Gasteiger partial charge in [-0.3, -0.25) is 13.1 Å². The topological polar surface area (TPSA) is 80.3 Å². The van der Waals surface area contributed by atoms with Crippen LogP contribution in [0.4, 0.5) is 4.70 Å². The van der Waals surface area contributed by atoms with E-state index in [1.807, 2.05) is 0 Å². The quantitative estimate of drug-likeness (QED) is 0.185. The average Bonchev–Trinajstić information content (AvgIpc) is 0.722. The summed E-state index contributed by atoms with van der Waals surface area (Å²) in [5.74, 6) is 0. The van der Waals surface area contributed by atoms with Gasteiger partial charge in [0.25, 0.3) is 0 Å². The molecule has 0 N–H and O–H groups in total. The summed E-state index contributed by atoms with van der Waals surface area (Å²) in [6.07, 6.45) is 0. The van der Waals surface area contributed by atoms with Crippen LogP contribution in [-0.4, -0.2) is 17.5 Å². The zero-order chi connectivity index (χ0) is 4.50. The Morgan fingerprint density at radius 1 is 1.00 bits per heavy atom. The predicted octanol–water partition coefficient (Wildman–Crippen LogP) is -7.18. The normalized spacial score (nSPS) is 7.25. The molecule has 0 amide bonds. The molecule has 0 spiro atoms. The zero-order valence-corrected chi connectivity index (χ0v) is 5.27. The molecule has 40 valence electrons. The summed E-state index contributed by atoms with van der Waals surface area (Å²) in [5.41, 5.74) is 0. The first-order chi connectivity index (χ1) is 2.00. The van der Waals surface area contributed by atoms with E-state index in [-0.39, 0.29) is 42.4 Å². The Hall–Kier alpha value is 0.995. The molecule has 0 aromatic heterocycles. The van der Waals surface area contributed by atoms with Gasteiger partial charge in [-0.1, -0.05) is 0 Å². The second kappa shape index (κ2) is 7.99. The fourth-order valence-electron chi connectivity index (χ4n) is 0. The molecule has 0 aliphatic heterocycles. The Kier molecular flexibility index (Phi) is 23.0. The minimum atomic E-state index is -5.17. The Balaban J connectivity index is -0.0000000267. The first-order valence-electron chi connectivity index (χ1n) is 0.667. The molecule has 0 aliphatic rings. The van der Waals surface area contributed by atoms with Crippen molar-refractivity contribution in [2.24, 2.45) is 0 Å². The van der Waals surface area contributed by atoms with Crippen LogP contribution in [0.2, 0.25) is 0 Å². The summed E-state index contributed by atoms with van der Waals surface area (Å²) in [7, 11) is -5.17. The predicted molar refractivity (Wildman–Crippen MR) is 13.0 cm³/mol. The van der Waals surface area contributed by atoms with Crippen LogP contribution in [0.3, 0.4) is 0 Å². The van der Waals surface area contributed by atoms with Crippen LogP contribution >= 0.6 is 0 Å². The number of hydrogen-bond acceptors (Lipinski definition) is 4. The second-order valence-electron chi connectivity index (χ2n) is 0.408. The fraction of sp³-hybridized carbons (Fsp3) is 0. The van der Waals surface area contributed by atoms with Crippen LogP contribution in [-0.2, 0) is 10.4 Å². The van der Waals surface area contributed by atoms with Crippen molar-refractivity contribution in [2.45, 2.75) is 0 Å². The minimum Gasteiger partial charge on any atom is -0.759 e. The molecule has 8 heavy (non-hydrogen) atoms. The van der Waals surface area contributed by atoms with Gasteiger partial charge in [-0.05, 0) is 0 Å². The average molecular weight is 130 g/mol. The van der Waals surface area contributed by atoms with Gasteiger partial charge in [0.15, 0.2) is 0 Å². The number of halogens is 1. The van der Waals surface area contributed by atoms with E-state index in [0.717, 1.165) is 0 Å². The third-order valence-corrected chi connectivity index (χ3v) is 0. The first kappa shape index (κ1) is 23.0. The third-order valence-electron chi connectivity index (χ3n) is 0. The Morgan fingerprint density at radius 2 is 1.00 bits per heavy atom. The van der Waals surface area contributed by atoms with Crippen LogP contribution in [0.5, 0.6) is 0 Å². The molecule has 4 nitrogen and oxygen atoms in total. The van der Waals surface area contributed by atoms with Gasteiger partial charge in [-0.25, -0.2) is 0 Å². The van der Waals surface area contributed by atoms with Gasteiger partial charge in [0.05, 0.1) is 0 Å². The van der Waals surface area contributed by atoms with E-state index < -0.39 is 10.4 Å². The Morgan fingerprint density at radius 3 is 1.00 bits per heavy atom. The van der Waals surface area contributed by atoms with E-state index in [1.54, 1.807) is 0 Å². The van der Waals surface area contributed by atoms with Crippen molar-refractivity contribution in [3.05, 3.63) is 0 Å². The van der Waals surface area contributed by atoms with Crippen molar-refractivity contribution in [2.75, 3.05) is 0 Å². The summed E-state index contributed by atoms with van der Waals surface area (Å²) in [4.78, 5) is 0. The maximum atomic E-state index is 8.52. The monoisotopic (exact) mass is 130 g/mol. The summed E-state index contributed by atoms with van der Waals surface area (Å²) in [5, 5.41) is 0. The molecule has 0 radical (unpaired) electrons. The largest absolute Gasteiger partial charge is 1.00 e. The van der Waals surface area contributed by atoms with Gasteiger partial charge in [-0.15, -0.1) is 0 Å². The third kappa shape index (κ3) is 254. The fourth-order valence-corrected chi connectivity index (χ4v) is 0. The van der Waals surface area contributed by atoms with E-state index >= 15 is 0 Å². The molecule has 0 saturated carbocycles. The Bertz CT molecular complexity index is 97.2. The van der Waals surface area contributed by atoms with E-state index in [0.29, 0.717) is 0 Å². The molecule has 0 fully saturated rings. The van der Waals surface area contributed by atoms with Gasteiger partial charge in [0, 0.05) is 10.4 Å².